The molecule has 0 saturated heterocycles. The first-order chi connectivity index (χ1) is 9.11. The van der Waals surface area contributed by atoms with Gasteiger partial charge in [-0.2, -0.15) is 0 Å². The molecule has 0 saturated carbocycles. The highest BCUT2D eigenvalue weighted by Crippen LogP contribution is 2.40. The van der Waals surface area contributed by atoms with Crippen LogP contribution in [-0.2, 0) is 12.0 Å². The first kappa shape index (κ1) is 12.8. The minimum Gasteiger partial charge on any atom is -0.316 e. The van der Waals surface area contributed by atoms with E-state index >= 15 is 0 Å². The average Bonchev–Trinajstić information content (AvgIpc) is 2.90. The molecule has 0 amide bonds. The van der Waals surface area contributed by atoms with Crippen molar-refractivity contribution in [3.8, 4) is 0 Å². The molecule has 1 atom stereocenters. The van der Waals surface area contributed by atoms with E-state index in [2.05, 4.69) is 43.5 Å². The van der Waals surface area contributed by atoms with Crippen LogP contribution in [0, 0.1) is 0 Å². The molecule has 19 heavy (non-hydrogen) atoms. The van der Waals surface area contributed by atoms with Gasteiger partial charge in [-0.05, 0) is 36.3 Å². The summed E-state index contributed by atoms with van der Waals surface area (Å²) in [4.78, 5) is 4.80. The molecule has 1 aromatic carbocycles. The second-order valence-electron chi connectivity index (χ2n) is 5.71. The summed E-state index contributed by atoms with van der Waals surface area (Å²) in [6.07, 6.45) is 3.27. The van der Waals surface area contributed by atoms with Crippen LogP contribution in [0.4, 0.5) is 0 Å². The number of aromatic nitrogens is 1. The fraction of sp³-hybridized carbons (Fsp3) is 0.438. The molecule has 0 radical (unpaired) electrons. The molecular formula is C16H20N2S. The molecule has 0 bridgehead atoms. The lowest BCUT2D eigenvalue weighted by atomic mass is 9.77. The predicted octanol–water partition coefficient (Wildman–Crippen LogP) is 3.81. The number of rotatable bonds is 2. The summed E-state index contributed by atoms with van der Waals surface area (Å²) in [6.45, 7) is 4.35. The summed E-state index contributed by atoms with van der Waals surface area (Å²) >= 11 is 1.71. The summed E-state index contributed by atoms with van der Waals surface area (Å²) in [5.74, 6) is 0.465. The number of hydrogen-bond donors (Lipinski definition) is 1. The van der Waals surface area contributed by atoms with Crippen molar-refractivity contribution < 1.29 is 0 Å². The Bertz CT molecular complexity index is 588. The summed E-state index contributed by atoms with van der Waals surface area (Å²) in [5, 5.41) is 3.23. The van der Waals surface area contributed by atoms with Crippen molar-refractivity contribution in [1.29, 1.82) is 0 Å². The van der Waals surface area contributed by atoms with E-state index in [-0.39, 0.29) is 5.54 Å². The van der Waals surface area contributed by atoms with E-state index in [1.807, 2.05) is 0 Å². The number of aryl methyl sites for hydroxylation is 1. The van der Waals surface area contributed by atoms with Gasteiger partial charge in [0.05, 0.1) is 11.2 Å². The summed E-state index contributed by atoms with van der Waals surface area (Å²) in [5.41, 5.74) is 10.2. The van der Waals surface area contributed by atoms with E-state index in [1.165, 1.54) is 11.1 Å². The number of nitrogens with zero attached hydrogens (tertiary/aromatic N) is 1. The number of nitrogens with two attached hydrogens (primary N) is 1. The van der Waals surface area contributed by atoms with Crippen LogP contribution < -0.4 is 5.73 Å². The number of fused-ring (bicyclic) bond motifs is 1. The molecule has 1 aliphatic carbocycles. The van der Waals surface area contributed by atoms with E-state index < -0.39 is 0 Å². The van der Waals surface area contributed by atoms with Gasteiger partial charge in [0.15, 0.2) is 0 Å². The molecule has 1 heterocycles. The smallest absolute Gasteiger partial charge is 0.117 e. The second kappa shape index (κ2) is 4.73. The van der Waals surface area contributed by atoms with Gasteiger partial charge in [0.1, 0.15) is 5.01 Å². The Morgan fingerprint density at radius 1 is 1.32 bits per heavy atom. The number of hydrogen-bond acceptors (Lipinski definition) is 3. The van der Waals surface area contributed by atoms with Crippen LogP contribution in [0.1, 0.15) is 54.4 Å². The zero-order valence-corrected chi connectivity index (χ0v) is 12.3. The summed E-state index contributed by atoms with van der Waals surface area (Å²) < 4.78 is 0. The summed E-state index contributed by atoms with van der Waals surface area (Å²) in [6, 6.07) is 8.56. The van der Waals surface area contributed by atoms with E-state index in [1.54, 1.807) is 11.3 Å². The molecule has 0 aliphatic heterocycles. The van der Waals surface area contributed by atoms with Crippen molar-refractivity contribution in [3.05, 3.63) is 51.5 Å². The Morgan fingerprint density at radius 3 is 2.84 bits per heavy atom. The van der Waals surface area contributed by atoms with Gasteiger partial charge in [-0.25, -0.2) is 4.98 Å². The van der Waals surface area contributed by atoms with E-state index in [9.17, 15) is 0 Å². The lowest BCUT2D eigenvalue weighted by Crippen LogP contribution is -2.41. The zero-order chi connectivity index (χ0) is 13.5. The standard InChI is InChI=1S/C16H20N2S/c1-11(2)14-10-19-15(18-14)16(17)9-5-7-12-6-3-4-8-13(12)16/h3-4,6,8,10-11H,5,7,9,17H2,1-2H3. The zero-order valence-electron chi connectivity index (χ0n) is 11.5. The van der Waals surface area contributed by atoms with Crippen LogP contribution in [0.2, 0.25) is 0 Å². The normalized spacial score (nSPS) is 22.5. The topological polar surface area (TPSA) is 38.9 Å². The molecule has 1 aromatic heterocycles. The Hall–Kier alpha value is -1.19. The number of thiazole rings is 1. The van der Waals surface area contributed by atoms with Crippen LogP contribution in [-0.4, -0.2) is 4.98 Å². The Kier molecular flexibility index (Phi) is 3.19. The van der Waals surface area contributed by atoms with Gasteiger partial charge in [0.25, 0.3) is 0 Å². The van der Waals surface area contributed by atoms with E-state index in [0.717, 1.165) is 30.0 Å². The SMILES string of the molecule is CC(C)c1csc(C2(N)CCCc3ccccc32)n1. The maximum atomic E-state index is 6.75. The molecule has 100 valence electrons. The van der Waals surface area contributed by atoms with Gasteiger partial charge in [-0.1, -0.05) is 38.1 Å². The molecule has 2 nitrogen and oxygen atoms in total. The lowest BCUT2D eigenvalue weighted by molar-refractivity contribution is 0.439. The lowest BCUT2D eigenvalue weighted by Gasteiger charge is -2.34. The minimum absolute atomic E-state index is 0.382. The van der Waals surface area contributed by atoms with Crippen molar-refractivity contribution in [2.75, 3.05) is 0 Å². The molecule has 1 unspecified atom stereocenters. The Balaban J connectivity index is 2.08. The van der Waals surface area contributed by atoms with Gasteiger partial charge in [-0.3, -0.25) is 0 Å². The summed E-state index contributed by atoms with van der Waals surface area (Å²) in [7, 11) is 0. The molecule has 0 fully saturated rings. The van der Waals surface area contributed by atoms with Crippen LogP contribution in [0.15, 0.2) is 29.6 Å². The van der Waals surface area contributed by atoms with Crippen molar-refractivity contribution in [2.45, 2.75) is 44.6 Å². The third kappa shape index (κ3) is 2.11. The monoisotopic (exact) mass is 272 g/mol. The number of benzene rings is 1. The third-order valence-corrected chi connectivity index (χ3v) is 5.05. The van der Waals surface area contributed by atoms with Gasteiger partial charge >= 0.3 is 0 Å². The largest absolute Gasteiger partial charge is 0.316 e. The van der Waals surface area contributed by atoms with Crippen molar-refractivity contribution in [3.63, 3.8) is 0 Å². The minimum atomic E-state index is -0.382. The molecule has 2 aromatic rings. The highest BCUT2D eigenvalue weighted by atomic mass is 32.1. The molecule has 0 spiro atoms. The fourth-order valence-electron chi connectivity index (χ4n) is 2.84. The predicted molar refractivity (Wildman–Crippen MR) is 80.6 cm³/mol. The van der Waals surface area contributed by atoms with Crippen LogP contribution in [0.25, 0.3) is 0 Å². The third-order valence-electron chi connectivity index (χ3n) is 4.01. The average molecular weight is 272 g/mol. The van der Waals surface area contributed by atoms with Crippen LogP contribution >= 0.6 is 11.3 Å². The Labute approximate surface area is 118 Å². The van der Waals surface area contributed by atoms with Gasteiger partial charge in [-0.15, -0.1) is 11.3 Å². The van der Waals surface area contributed by atoms with Crippen LogP contribution in [0.5, 0.6) is 0 Å². The van der Waals surface area contributed by atoms with Gasteiger partial charge < -0.3 is 5.73 Å². The fourth-order valence-corrected chi connectivity index (χ4v) is 3.98. The first-order valence-electron chi connectivity index (χ1n) is 6.94. The van der Waals surface area contributed by atoms with E-state index in [0.29, 0.717) is 5.92 Å². The maximum absolute atomic E-state index is 6.75. The van der Waals surface area contributed by atoms with Gasteiger partial charge in [0.2, 0.25) is 0 Å². The second-order valence-corrected chi connectivity index (χ2v) is 6.57. The van der Waals surface area contributed by atoms with Crippen LogP contribution in [0.3, 0.4) is 0 Å². The molecule has 3 rings (SSSR count). The van der Waals surface area contributed by atoms with Crippen molar-refractivity contribution in [1.82, 2.24) is 4.98 Å². The highest BCUT2D eigenvalue weighted by Gasteiger charge is 2.36. The van der Waals surface area contributed by atoms with Crippen molar-refractivity contribution in [2.24, 2.45) is 5.73 Å². The van der Waals surface area contributed by atoms with E-state index in [4.69, 9.17) is 10.7 Å². The maximum Gasteiger partial charge on any atom is 0.117 e. The molecule has 1 aliphatic rings. The molecule has 3 heteroatoms. The quantitative estimate of drug-likeness (QED) is 0.903. The van der Waals surface area contributed by atoms with Crippen molar-refractivity contribution >= 4 is 11.3 Å². The Morgan fingerprint density at radius 2 is 2.11 bits per heavy atom. The van der Waals surface area contributed by atoms with Gasteiger partial charge in [0, 0.05) is 5.38 Å². The molecular weight excluding hydrogens is 252 g/mol. The molecule has 2 N–H and O–H groups in total. The highest BCUT2D eigenvalue weighted by molar-refractivity contribution is 7.09. The first-order valence-corrected chi connectivity index (χ1v) is 7.82.